The average molecular weight is 591 g/mol. The molecule has 0 fully saturated rings. The number of benzene rings is 7. The van der Waals surface area contributed by atoms with E-state index in [0.29, 0.717) is 0 Å². The van der Waals surface area contributed by atoms with Gasteiger partial charge in [-0.15, -0.1) is 11.3 Å². The van der Waals surface area contributed by atoms with Crippen LogP contribution in [-0.4, -0.2) is 9.13 Å². The first-order valence-electron chi connectivity index (χ1n) is 15.4. The number of hydrogen-bond acceptors (Lipinski definition) is 1. The molecule has 0 radical (unpaired) electrons. The number of rotatable bonds is 3. The molecule has 0 aliphatic carbocycles. The molecule has 0 amide bonds. The van der Waals surface area contributed by atoms with Gasteiger partial charge in [0.15, 0.2) is 0 Å². The SMILES string of the molecule is c1cc(-c2cccc(-n3c4ccccc4c4cc5sc6ccccc6c5cc43)c2)cc(-n2c3ccccc3c3ccccc32)c1. The van der Waals surface area contributed by atoms with Crippen molar-refractivity contribution in [2.24, 2.45) is 0 Å². The van der Waals surface area contributed by atoms with Gasteiger partial charge < -0.3 is 9.13 Å². The Hall–Kier alpha value is -5.64. The minimum atomic E-state index is 1.17. The largest absolute Gasteiger partial charge is 0.309 e. The molecule has 10 aromatic rings. The van der Waals surface area contributed by atoms with Crippen LogP contribution in [0.5, 0.6) is 0 Å². The summed E-state index contributed by atoms with van der Waals surface area (Å²) in [7, 11) is 0. The normalized spacial score (nSPS) is 12.0. The Labute approximate surface area is 263 Å². The fourth-order valence-electron chi connectivity index (χ4n) is 7.31. The maximum Gasteiger partial charge on any atom is 0.0548 e. The predicted octanol–water partition coefficient (Wildman–Crippen LogP) is 11.9. The van der Waals surface area contributed by atoms with Crippen LogP contribution in [0.15, 0.2) is 158 Å². The Morgan fingerprint density at radius 1 is 0.311 bits per heavy atom. The van der Waals surface area contributed by atoms with Gasteiger partial charge >= 0.3 is 0 Å². The highest BCUT2D eigenvalue weighted by molar-refractivity contribution is 7.25. The standard InChI is InChI=1S/C42H26N2S/c1-5-19-37-31(15-1)32-16-2-6-20-38(32)43(37)29-13-9-11-27(23-29)28-12-10-14-30(24-28)44-39-21-7-3-17-33(39)35-26-42-36(25-40(35)44)34-18-4-8-22-41(34)45-42/h1-26H. The van der Waals surface area contributed by atoms with Gasteiger partial charge in [0.1, 0.15) is 0 Å². The fraction of sp³-hybridized carbons (Fsp3) is 0. The van der Waals surface area contributed by atoms with Crippen LogP contribution in [0.1, 0.15) is 0 Å². The molecule has 0 unspecified atom stereocenters. The van der Waals surface area contributed by atoms with Crippen molar-refractivity contribution in [1.82, 2.24) is 9.13 Å². The van der Waals surface area contributed by atoms with Crippen LogP contribution in [0.25, 0.3) is 86.3 Å². The van der Waals surface area contributed by atoms with Crippen molar-refractivity contribution in [2.45, 2.75) is 0 Å². The minimum absolute atomic E-state index is 1.17. The first kappa shape index (κ1) is 24.8. The van der Waals surface area contributed by atoms with Gasteiger partial charge in [-0.05, 0) is 71.8 Å². The van der Waals surface area contributed by atoms with Crippen molar-refractivity contribution in [3.63, 3.8) is 0 Å². The summed E-state index contributed by atoms with van der Waals surface area (Å²) in [4.78, 5) is 0. The van der Waals surface area contributed by atoms with Crippen LogP contribution < -0.4 is 0 Å². The van der Waals surface area contributed by atoms with E-state index in [1.165, 1.54) is 86.3 Å². The second-order valence-electron chi connectivity index (χ2n) is 11.8. The maximum absolute atomic E-state index is 2.44. The third kappa shape index (κ3) is 3.62. The van der Waals surface area contributed by atoms with E-state index in [9.17, 15) is 0 Å². The zero-order chi connectivity index (χ0) is 29.5. The zero-order valence-electron chi connectivity index (χ0n) is 24.3. The van der Waals surface area contributed by atoms with Crippen molar-refractivity contribution in [3.05, 3.63) is 158 Å². The van der Waals surface area contributed by atoms with Crippen LogP contribution in [-0.2, 0) is 0 Å². The molecule has 0 aliphatic heterocycles. The lowest BCUT2D eigenvalue weighted by Crippen LogP contribution is -1.96. The molecule has 0 aliphatic rings. The molecule has 0 atom stereocenters. The van der Waals surface area contributed by atoms with Crippen LogP contribution in [0.4, 0.5) is 0 Å². The summed E-state index contributed by atoms with van der Waals surface area (Å²) in [5, 5.41) is 7.78. The maximum atomic E-state index is 2.44. The second kappa shape index (κ2) is 9.43. The smallest absolute Gasteiger partial charge is 0.0548 e. The van der Waals surface area contributed by atoms with Crippen molar-refractivity contribution in [1.29, 1.82) is 0 Å². The van der Waals surface area contributed by atoms with E-state index in [1.807, 2.05) is 11.3 Å². The van der Waals surface area contributed by atoms with Gasteiger partial charge in [-0.2, -0.15) is 0 Å². The van der Waals surface area contributed by atoms with Crippen molar-refractivity contribution < 1.29 is 0 Å². The Morgan fingerprint density at radius 3 is 1.40 bits per heavy atom. The molecule has 0 N–H and O–H groups in total. The Morgan fingerprint density at radius 2 is 0.800 bits per heavy atom. The topological polar surface area (TPSA) is 9.86 Å². The van der Waals surface area contributed by atoms with E-state index in [1.54, 1.807) is 0 Å². The van der Waals surface area contributed by atoms with Gasteiger partial charge in [0, 0.05) is 53.1 Å². The molecule has 3 heteroatoms. The number of hydrogen-bond donors (Lipinski definition) is 0. The molecule has 7 aromatic carbocycles. The second-order valence-corrected chi connectivity index (χ2v) is 12.9. The molecule has 0 saturated carbocycles. The summed E-state index contributed by atoms with van der Waals surface area (Å²) >= 11 is 1.88. The van der Waals surface area contributed by atoms with Crippen molar-refractivity contribution >= 4 is 75.1 Å². The summed E-state index contributed by atoms with van der Waals surface area (Å²) in [5.74, 6) is 0. The van der Waals surface area contributed by atoms with Crippen molar-refractivity contribution in [3.8, 4) is 22.5 Å². The van der Waals surface area contributed by atoms with Gasteiger partial charge in [0.05, 0.1) is 22.1 Å². The first-order valence-corrected chi connectivity index (χ1v) is 16.2. The summed E-state index contributed by atoms with van der Waals surface area (Å²) in [6.07, 6.45) is 0. The quantitative estimate of drug-likeness (QED) is 0.194. The summed E-state index contributed by atoms with van der Waals surface area (Å²) < 4.78 is 7.50. The average Bonchev–Trinajstić information content (AvgIpc) is 3.75. The van der Waals surface area contributed by atoms with E-state index in [-0.39, 0.29) is 0 Å². The summed E-state index contributed by atoms with van der Waals surface area (Å²) in [5.41, 5.74) is 9.64. The van der Waals surface area contributed by atoms with E-state index in [4.69, 9.17) is 0 Å². The molecule has 3 aromatic heterocycles. The molecular weight excluding hydrogens is 565 g/mol. The monoisotopic (exact) mass is 590 g/mol. The predicted molar refractivity (Wildman–Crippen MR) is 193 cm³/mol. The highest BCUT2D eigenvalue weighted by Crippen LogP contribution is 2.41. The van der Waals surface area contributed by atoms with E-state index in [2.05, 4.69) is 167 Å². The summed E-state index contributed by atoms with van der Waals surface area (Å²) in [6, 6.07) is 57.7. The lowest BCUT2D eigenvalue weighted by atomic mass is 10.0. The Balaban J connectivity index is 1.18. The lowest BCUT2D eigenvalue weighted by Gasteiger charge is -2.13. The molecule has 0 saturated heterocycles. The van der Waals surface area contributed by atoms with Gasteiger partial charge in [-0.1, -0.05) is 97.1 Å². The van der Waals surface area contributed by atoms with Crippen LogP contribution in [0.3, 0.4) is 0 Å². The molecule has 3 heterocycles. The lowest BCUT2D eigenvalue weighted by molar-refractivity contribution is 1.17. The third-order valence-electron chi connectivity index (χ3n) is 9.29. The molecule has 45 heavy (non-hydrogen) atoms. The number of nitrogens with zero attached hydrogens (tertiary/aromatic N) is 2. The number of aromatic nitrogens is 2. The van der Waals surface area contributed by atoms with Gasteiger partial charge in [0.2, 0.25) is 0 Å². The Kier molecular flexibility index (Phi) is 5.19. The molecule has 10 rings (SSSR count). The minimum Gasteiger partial charge on any atom is -0.309 e. The molecule has 210 valence electrons. The Bertz CT molecular complexity index is 2720. The fourth-order valence-corrected chi connectivity index (χ4v) is 8.44. The van der Waals surface area contributed by atoms with Crippen LogP contribution >= 0.6 is 11.3 Å². The highest BCUT2D eigenvalue weighted by Gasteiger charge is 2.16. The van der Waals surface area contributed by atoms with Crippen LogP contribution in [0.2, 0.25) is 0 Å². The van der Waals surface area contributed by atoms with Gasteiger partial charge in [0.25, 0.3) is 0 Å². The van der Waals surface area contributed by atoms with Crippen LogP contribution in [0, 0.1) is 0 Å². The van der Waals surface area contributed by atoms with E-state index < -0.39 is 0 Å². The highest BCUT2D eigenvalue weighted by atomic mass is 32.1. The van der Waals surface area contributed by atoms with E-state index in [0.717, 1.165) is 0 Å². The molecule has 0 spiro atoms. The molecule has 0 bridgehead atoms. The zero-order valence-corrected chi connectivity index (χ0v) is 25.1. The van der Waals surface area contributed by atoms with E-state index >= 15 is 0 Å². The third-order valence-corrected chi connectivity index (χ3v) is 10.4. The molecule has 2 nitrogen and oxygen atoms in total. The number of para-hydroxylation sites is 3. The van der Waals surface area contributed by atoms with Gasteiger partial charge in [-0.25, -0.2) is 0 Å². The number of fused-ring (bicyclic) bond motifs is 9. The summed E-state index contributed by atoms with van der Waals surface area (Å²) in [6.45, 7) is 0. The van der Waals surface area contributed by atoms with Crippen molar-refractivity contribution in [2.75, 3.05) is 0 Å². The van der Waals surface area contributed by atoms with Gasteiger partial charge in [-0.3, -0.25) is 0 Å². The first-order chi connectivity index (χ1) is 22.3. The molecular formula is C42H26N2S. The number of thiophene rings is 1.